The minimum Gasteiger partial charge on any atom is -0.464 e. The standard InChI is InChI=1S/C15H15N3OS/c1-16-8-11-6-7-12(19-11)9-20-15-13-4-2-3-5-14(13)17-10-18-15/h2-7,10,16H,8-9H2,1H3. The molecule has 2 heterocycles. The van der Waals surface area contributed by atoms with Gasteiger partial charge in [-0.1, -0.05) is 30.0 Å². The Labute approximate surface area is 121 Å². The minimum absolute atomic E-state index is 0.751. The first-order chi connectivity index (χ1) is 9.86. The van der Waals surface area contributed by atoms with E-state index in [1.807, 2.05) is 43.4 Å². The van der Waals surface area contributed by atoms with Gasteiger partial charge in [0.2, 0.25) is 0 Å². The number of furan rings is 1. The van der Waals surface area contributed by atoms with E-state index in [9.17, 15) is 0 Å². The summed E-state index contributed by atoms with van der Waals surface area (Å²) < 4.78 is 5.73. The molecule has 0 radical (unpaired) electrons. The third kappa shape index (κ3) is 2.84. The zero-order chi connectivity index (χ0) is 13.8. The number of hydrogen-bond donors (Lipinski definition) is 1. The fourth-order valence-corrected chi connectivity index (χ4v) is 2.89. The molecule has 102 valence electrons. The largest absolute Gasteiger partial charge is 0.464 e. The number of aromatic nitrogens is 2. The van der Waals surface area contributed by atoms with Gasteiger partial charge in [0, 0.05) is 5.39 Å². The van der Waals surface area contributed by atoms with Crippen molar-refractivity contribution in [3.8, 4) is 0 Å². The van der Waals surface area contributed by atoms with Crippen LogP contribution in [0.4, 0.5) is 0 Å². The maximum absolute atomic E-state index is 5.73. The van der Waals surface area contributed by atoms with Crippen LogP contribution in [0, 0.1) is 0 Å². The summed E-state index contributed by atoms with van der Waals surface area (Å²) in [4.78, 5) is 8.63. The number of nitrogens with zero attached hydrogens (tertiary/aromatic N) is 2. The Morgan fingerprint density at radius 1 is 1.10 bits per heavy atom. The van der Waals surface area contributed by atoms with Gasteiger partial charge < -0.3 is 9.73 Å². The second-order valence-corrected chi connectivity index (χ2v) is 5.35. The van der Waals surface area contributed by atoms with E-state index in [1.54, 1.807) is 18.1 Å². The van der Waals surface area contributed by atoms with E-state index in [4.69, 9.17) is 4.42 Å². The third-order valence-electron chi connectivity index (χ3n) is 2.93. The van der Waals surface area contributed by atoms with E-state index in [-0.39, 0.29) is 0 Å². The van der Waals surface area contributed by atoms with Gasteiger partial charge in [-0.3, -0.25) is 0 Å². The molecule has 1 aromatic carbocycles. The molecule has 0 bridgehead atoms. The van der Waals surface area contributed by atoms with E-state index < -0.39 is 0 Å². The van der Waals surface area contributed by atoms with Crippen LogP contribution in [-0.2, 0) is 12.3 Å². The number of nitrogens with one attached hydrogen (secondary N) is 1. The fraction of sp³-hybridized carbons (Fsp3) is 0.200. The molecule has 4 nitrogen and oxygen atoms in total. The Morgan fingerprint density at radius 2 is 1.95 bits per heavy atom. The van der Waals surface area contributed by atoms with Crippen molar-refractivity contribution in [2.24, 2.45) is 0 Å². The molecule has 0 unspecified atom stereocenters. The van der Waals surface area contributed by atoms with Crippen molar-refractivity contribution in [3.63, 3.8) is 0 Å². The van der Waals surface area contributed by atoms with E-state index in [0.717, 1.165) is 39.7 Å². The van der Waals surface area contributed by atoms with Gasteiger partial charge in [0.1, 0.15) is 22.9 Å². The van der Waals surface area contributed by atoms with Gasteiger partial charge in [-0.25, -0.2) is 9.97 Å². The zero-order valence-corrected chi connectivity index (χ0v) is 12.0. The molecule has 0 aliphatic rings. The molecule has 0 spiro atoms. The predicted molar refractivity (Wildman–Crippen MR) is 80.6 cm³/mol. The lowest BCUT2D eigenvalue weighted by Gasteiger charge is -2.03. The number of para-hydroxylation sites is 1. The Balaban J connectivity index is 1.76. The lowest BCUT2D eigenvalue weighted by molar-refractivity contribution is 0.469. The van der Waals surface area contributed by atoms with Crippen molar-refractivity contribution in [2.45, 2.75) is 17.3 Å². The summed E-state index contributed by atoms with van der Waals surface area (Å²) in [6.45, 7) is 0.751. The summed E-state index contributed by atoms with van der Waals surface area (Å²) in [6.07, 6.45) is 1.61. The highest BCUT2D eigenvalue weighted by atomic mass is 32.2. The molecular weight excluding hydrogens is 270 g/mol. The molecule has 3 aromatic rings. The molecule has 20 heavy (non-hydrogen) atoms. The molecule has 0 fully saturated rings. The second kappa shape index (κ2) is 6.07. The molecular formula is C15H15N3OS. The van der Waals surface area contributed by atoms with Gasteiger partial charge in [-0.05, 0) is 25.2 Å². The van der Waals surface area contributed by atoms with Crippen LogP contribution in [0.25, 0.3) is 10.9 Å². The smallest absolute Gasteiger partial charge is 0.117 e. The summed E-state index contributed by atoms with van der Waals surface area (Å²) in [6, 6.07) is 12.1. The molecule has 3 rings (SSSR count). The Morgan fingerprint density at radius 3 is 2.85 bits per heavy atom. The minimum atomic E-state index is 0.751. The first-order valence-electron chi connectivity index (χ1n) is 6.41. The molecule has 0 atom stereocenters. The van der Waals surface area contributed by atoms with Gasteiger partial charge >= 0.3 is 0 Å². The van der Waals surface area contributed by atoms with Gasteiger partial charge in [-0.2, -0.15) is 0 Å². The molecule has 2 aromatic heterocycles. The van der Waals surface area contributed by atoms with E-state index in [1.165, 1.54) is 0 Å². The van der Waals surface area contributed by atoms with E-state index >= 15 is 0 Å². The monoisotopic (exact) mass is 285 g/mol. The highest BCUT2D eigenvalue weighted by molar-refractivity contribution is 7.98. The van der Waals surface area contributed by atoms with Gasteiger partial charge in [0.05, 0.1) is 17.8 Å². The van der Waals surface area contributed by atoms with Gasteiger partial charge in [-0.15, -0.1) is 0 Å². The first kappa shape index (κ1) is 13.1. The molecule has 0 amide bonds. The summed E-state index contributed by atoms with van der Waals surface area (Å²) in [7, 11) is 1.91. The van der Waals surface area contributed by atoms with Gasteiger partial charge in [0.15, 0.2) is 0 Å². The van der Waals surface area contributed by atoms with Crippen LogP contribution in [0.1, 0.15) is 11.5 Å². The Bertz CT molecular complexity index is 706. The molecule has 5 heteroatoms. The van der Waals surface area contributed by atoms with Crippen molar-refractivity contribution in [1.82, 2.24) is 15.3 Å². The quantitative estimate of drug-likeness (QED) is 0.576. The van der Waals surface area contributed by atoms with Crippen LogP contribution in [0.15, 0.2) is 52.2 Å². The summed E-state index contributed by atoms with van der Waals surface area (Å²) in [5.41, 5.74) is 0.973. The predicted octanol–water partition coefficient (Wildman–Crippen LogP) is 3.23. The maximum atomic E-state index is 5.73. The third-order valence-corrected chi connectivity index (χ3v) is 3.95. The van der Waals surface area contributed by atoms with Crippen molar-refractivity contribution in [2.75, 3.05) is 7.05 Å². The lowest BCUT2D eigenvalue weighted by Crippen LogP contribution is -2.03. The lowest BCUT2D eigenvalue weighted by atomic mass is 10.2. The Hall–Kier alpha value is -1.85. The van der Waals surface area contributed by atoms with Gasteiger partial charge in [0.25, 0.3) is 0 Å². The normalized spacial score (nSPS) is 11.1. The number of benzene rings is 1. The SMILES string of the molecule is CNCc1ccc(CSc2ncnc3ccccc23)o1. The van der Waals surface area contributed by atoms with Crippen LogP contribution in [0.2, 0.25) is 0 Å². The van der Waals surface area contributed by atoms with Crippen molar-refractivity contribution < 1.29 is 4.42 Å². The van der Waals surface area contributed by atoms with Crippen LogP contribution < -0.4 is 5.32 Å². The van der Waals surface area contributed by atoms with Crippen molar-refractivity contribution in [1.29, 1.82) is 0 Å². The number of fused-ring (bicyclic) bond motifs is 1. The Kier molecular flexibility index (Phi) is 3.99. The summed E-state index contributed by atoms with van der Waals surface area (Å²) in [5.74, 6) is 2.68. The van der Waals surface area contributed by atoms with Crippen LogP contribution in [0.5, 0.6) is 0 Å². The number of rotatable bonds is 5. The van der Waals surface area contributed by atoms with E-state index in [2.05, 4.69) is 15.3 Å². The molecule has 0 saturated heterocycles. The highest BCUT2D eigenvalue weighted by Crippen LogP contribution is 2.27. The molecule has 0 aliphatic carbocycles. The first-order valence-corrected chi connectivity index (χ1v) is 7.40. The fourth-order valence-electron chi connectivity index (χ4n) is 2.00. The average Bonchev–Trinajstić information content (AvgIpc) is 2.93. The van der Waals surface area contributed by atoms with Crippen LogP contribution >= 0.6 is 11.8 Å². The molecule has 0 saturated carbocycles. The number of hydrogen-bond acceptors (Lipinski definition) is 5. The highest BCUT2D eigenvalue weighted by Gasteiger charge is 2.06. The zero-order valence-electron chi connectivity index (χ0n) is 11.2. The topological polar surface area (TPSA) is 51.0 Å². The average molecular weight is 285 g/mol. The van der Waals surface area contributed by atoms with Crippen LogP contribution in [0.3, 0.4) is 0 Å². The van der Waals surface area contributed by atoms with E-state index in [0.29, 0.717) is 0 Å². The van der Waals surface area contributed by atoms with Crippen LogP contribution in [-0.4, -0.2) is 17.0 Å². The maximum Gasteiger partial charge on any atom is 0.117 e. The summed E-state index contributed by atoms with van der Waals surface area (Å²) in [5, 5.41) is 5.15. The second-order valence-electron chi connectivity index (χ2n) is 4.38. The summed E-state index contributed by atoms with van der Waals surface area (Å²) >= 11 is 1.67. The molecule has 1 N–H and O–H groups in total. The number of thioether (sulfide) groups is 1. The van der Waals surface area contributed by atoms with Crippen molar-refractivity contribution >= 4 is 22.7 Å². The van der Waals surface area contributed by atoms with Crippen molar-refractivity contribution in [3.05, 3.63) is 54.2 Å². The molecule has 0 aliphatic heterocycles.